The number of fused-ring (bicyclic) bond motifs is 4. The number of aromatic nitrogens is 1. The summed E-state index contributed by atoms with van der Waals surface area (Å²) in [6.45, 7) is 3.02. The van der Waals surface area contributed by atoms with Gasteiger partial charge in [0.2, 0.25) is 0 Å². The van der Waals surface area contributed by atoms with Crippen molar-refractivity contribution in [3.05, 3.63) is 23.5 Å². The van der Waals surface area contributed by atoms with E-state index in [0.717, 1.165) is 17.9 Å². The summed E-state index contributed by atoms with van der Waals surface area (Å²) in [4.78, 5) is 4.08. The molecule has 2 aliphatic heterocycles. The van der Waals surface area contributed by atoms with Gasteiger partial charge in [0, 0.05) is 36.5 Å². The van der Waals surface area contributed by atoms with Crippen molar-refractivity contribution in [3.63, 3.8) is 0 Å². The molecule has 0 spiro atoms. The lowest BCUT2D eigenvalue weighted by Crippen LogP contribution is -2.29. The fourth-order valence-corrected chi connectivity index (χ4v) is 2.42. The summed E-state index contributed by atoms with van der Waals surface area (Å²) in [6, 6.07) is 2.41. The van der Waals surface area contributed by atoms with Crippen LogP contribution in [0, 0.1) is 17.2 Å². The zero-order valence-corrected chi connectivity index (χ0v) is 8.40. The van der Waals surface area contributed by atoms with Crippen LogP contribution in [0.5, 0.6) is 5.75 Å². The lowest BCUT2D eigenvalue weighted by molar-refractivity contribution is 0.152. The van der Waals surface area contributed by atoms with Gasteiger partial charge in [0.1, 0.15) is 23.5 Å². The second-order valence-electron chi connectivity index (χ2n) is 4.12. The van der Waals surface area contributed by atoms with Crippen LogP contribution in [0.25, 0.3) is 0 Å². The summed E-state index contributed by atoms with van der Waals surface area (Å²) >= 11 is 0. The Bertz CT molecular complexity index is 452. The van der Waals surface area contributed by atoms with Gasteiger partial charge in [0.15, 0.2) is 0 Å². The molecule has 0 amide bonds. The van der Waals surface area contributed by atoms with Gasteiger partial charge < -0.3 is 10.1 Å². The molecule has 3 rings (SSSR count). The van der Waals surface area contributed by atoms with E-state index in [4.69, 9.17) is 10.00 Å². The Morgan fingerprint density at radius 2 is 2.47 bits per heavy atom. The highest BCUT2D eigenvalue weighted by molar-refractivity contribution is 5.49. The molecular formula is C11H11N3O. The molecule has 0 aromatic carbocycles. The molecule has 0 radical (unpaired) electrons. The van der Waals surface area contributed by atoms with Crippen molar-refractivity contribution >= 4 is 0 Å². The number of nitrogens with one attached hydrogen (secondary N) is 1. The summed E-state index contributed by atoms with van der Waals surface area (Å²) in [5.74, 6) is 1.18. The van der Waals surface area contributed by atoms with Crippen molar-refractivity contribution < 1.29 is 4.74 Å². The van der Waals surface area contributed by atoms with E-state index in [2.05, 4.69) is 23.3 Å². The first kappa shape index (κ1) is 8.69. The molecule has 2 bridgehead atoms. The van der Waals surface area contributed by atoms with E-state index >= 15 is 0 Å². The molecule has 1 aromatic rings. The Kier molecular flexibility index (Phi) is 1.70. The normalized spacial score (nSPS) is 31.6. The lowest BCUT2D eigenvalue weighted by atomic mass is 9.91. The van der Waals surface area contributed by atoms with Crippen molar-refractivity contribution in [2.24, 2.45) is 5.92 Å². The van der Waals surface area contributed by atoms with Gasteiger partial charge in [-0.15, -0.1) is 0 Å². The average molecular weight is 201 g/mol. The van der Waals surface area contributed by atoms with Crippen molar-refractivity contribution in [2.75, 3.05) is 6.54 Å². The molecule has 15 heavy (non-hydrogen) atoms. The van der Waals surface area contributed by atoms with Crippen molar-refractivity contribution in [2.45, 2.75) is 19.1 Å². The standard InChI is InChI=1S/C11H11N3O/c1-6-9-5-14-10(6)8-4-13-3-7(2-12)11(8)15-9/h3-4,6,9-10,14H,5H2,1H3/t6-,9+,10-/m1/s1. The number of ether oxygens (including phenoxy) is 1. The minimum absolute atomic E-state index is 0.192. The molecule has 3 atom stereocenters. The molecular weight excluding hydrogens is 190 g/mol. The van der Waals surface area contributed by atoms with Crippen LogP contribution < -0.4 is 10.1 Å². The first-order chi connectivity index (χ1) is 7.31. The van der Waals surface area contributed by atoms with Crippen LogP contribution in [0.2, 0.25) is 0 Å². The zero-order chi connectivity index (χ0) is 10.4. The van der Waals surface area contributed by atoms with Crippen molar-refractivity contribution in [3.8, 4) is 11.8 Å². The van der Waals surface area contributed by atoms with Gasteiger partial charge in [-0.2, -0.15) is 5.26 Å². The zero-order valence-electron chi connectivity index (χ0n) is 8.40. The van der Waals surface area contributed by atoms with Gasteiger partial charge in [-0.1, -0.05) is 6.92 Å². The highest BCUT2D eigenvalue weighted by atomic mass is 16.5. The number of rotatable bonds is 0. The largest absolute Gasteiger partial charge is 0.487 e. The molecule has 1 fully saturated rings. The van der Waals surface area contributed by atoms with Crippen LogP contribution in [0.3, 0.4) is 0 Å². The molecule has 3 heterocycles. The van der Waals surface area contributed by atoms with E-state index < -0.39 is 0 Å². The minimum Gasteiger partial charge on any atom is -0.487 e. The predicted molar refractivity (Wildman–Crippen MR) is 53.3 cm³/mol. The highest BCUT2D eigenvalue weighted by Gasteiger charge is 2.41. The molecule has 0 saturated carbocycles. The van der Waals surface area contributed by atoms with Gasteiger partial charge in [-0.3, -0.25) is 4.98 Å². The van der Waals surface area contributed by atoms with Crippen LogP contribution >= 0.6 is 0 Å². The lowest BCUT2D eigenvalue weighted by Gasteiger charge is -2.29. The van der Waals surface area contributed by atoms with Crippen molar-refractivity contribution in [1.29, 1.82) is 5.26 Å². The predicted octanol–water partition coefficient (Wildman–Crippen LogP) is 0.995. The fraction of sp³-hybridized carbons (Fsp3) is 0.455. The molecule has 0 unspecified atom stereocenters. The maximum absolute atomic E-state index is 8.96. The quantitative estimate of drug-likeness (QED) is 0.680. The van der Waals surface area contributed by atoms with Gasteiger partial charge in [-0.05, 0) is 0 Å². The first-order valence-corrected chi connectivity index (χ1v) is 5.09. The Morgan fingerprint density at radius 1 is 1.60 bits per heavy atom. The second kappa shape index (κ2) is 2.94. The second-order valence-corrected chi connectivity index (χ2v) is 4.12. The average Bonchev–Trinajstić information content (AvgIpc) is 2.52. The third-order valence-corrected chi connectivity index (χ3v) is 3.30. The third-order valence-electron chi connectivity index (χ3n) is 3.30. The molecule has 0 aliphatic carbocycles. The summed E-state index contributed by atoms with van der Waals surface area (Å²) in [6.07, 6.45) is 3.55. The first-order valence-electron chi connectivity index (χ1n) is 5.09. The molecule has 4 nitrogen and oxygen atoms in total. The molecule has 1 N–H and O–H groups in total. The Morgan fingerprint density at radius 3 is 3.27 bits per heavy atom. The Hall–Kier alpha value is -1.60. The Labute approximate surface area is 87.9 Å². The SMILES string of the molecule is C[C@@H]1[C@@H]2CN[C@H]1c1cncc(C#N)c1O2. The van der Waals surface area contributed by atoms with Gasteiger partial charge in [-0.25, -0.2) is 0 Å². The van der Waals surface area contributed by atoms with E-state index in [1.54, 1.807) is 12.4 Å². The number of pyridine rings is 1. The van der Waals surface area contributed by atoms with Crippen molar-refractivity contribution in [1.82, 2.24) is 10.3 Å². The van der Waals surface area contributed by atoms with Gasteiger partial charge in [0.25, 0.3) is 0 Å². The topological polar surface area (TPSA) is 57.9 Å². The number of nitriles is 1. The number of hydrogen-bond donors (Lipinski definition) is 1. The van der Waals surface area contributed by atoms with Gasteiger partial charge in [0.05, 0.1) is 0 Å². The maximum atomic E-state index is 8.96. The molecule has 76 valence electrons. The summed E-state index contributed by atoms with van der Waals surface area (Å²) in [7, 11) is 0. The van der Waals surface area contributed by atoms with Crippen LogP contribution in [0.4, 0.5) is 0 Å². The summed E-state index contributed by atoms with van der Waals surface area (Å²) < 4.78 is 5.83. The molecule has 1 aromatic heterocycles. The highest BCUT2D eigenvalue weighted by Crippen LogP contribution is 2.42. The van der Waals surface area contributed by atoms with E-state index in [-0.39, 0.29) is 6.10 Å². The summed E-state index contributed by atoms with van der Waals surface area (Å²) in [5.41, 5.74) is 1.56. The van der Waals surface area contributed by atoms with E-state index in [0.29, 0.717) is 17.5 Å². The monoisotopic (exact) mass is 201 g/mol. The van der Waals surface area contributed by atoms with Gasteiger partial charge >= 0.3 is 0 Å². The maximum Gasteiger partial charge on any atom is 0.145 e. The molecule has 2 aliphatic rings. The fourth-order valence-electron chi connectivity index (χ4n) is 2.42. The summed E-state index contributed by atoms with van der Waals surface area (Å²) in [5, 5.41) is 12.4. The van der Waals surface area contributed by atoms with Crippen LogP contribution in [-0.2, 0) is 0 Å². The van der Waals surface area contributed by atoms with Crippen LogP contribution in [0.1, 0.15) is 24.1 Å². The van der Waals surface area contributed by atoms with Crippen LogP contribution in [0.15, 0.2) is 12.4 Å². The minimum atomic E-state index is 0.192. The smallest absolute Gasteiger partial charge is 0.145 e. The molecule has 4 heteroatoms. The van der Waals surface area contributed by atoms with Crippen LogP contribution in [-0.4, -0.2) is 17.6 Å². The van der Waals surface area contributed by atoms with E-state index in [9.17, 15) is 0 Å². The van der Waals surface area contributed by atoms with E-state index in [1.807, 2.05) is 0 Å². The number of hydrogen-bond acceptors (Lipinski definition) is 4. The van der Waals surface area contributed by atoms with E-state index in [1.165, 1.54) is 0 Å². The third kappa shape index (κ3) is 1.07. The Balaban J connectivity index is 2.18. The molecule has 1 saturated heterocycles. The number of nitrogens with zero attached hydrogens (tertiary/aromatic N) is 2.